The van der Waals surface area contributed by atoms with E-state index in [2.05, 4.69) is 20.7 Å². The first kappa shape index (κ1) is 19.4. The molecule has 5 nitrogen and oxygen atoms in total. The first-order valence-corrected chi connectivity index (χ1v) is 8.97. The summed E-state index contributed by atoms with van der Waals surface area (Å²) in [6, 6.07) is 6.75. The molecule has 25 heavy (non-hydrogen) atoms. The van der Waals surface area contributed by atoms with Crippen molar-refractivity contribution in [1.29, 1.82) is 0 Å². The topological polar surface area (TPSA) is 64.6 Å². The highest BCUT2D eigenvalue weighted by Gasteiger charge is 2.31. The lowest BCUT2D eigenvalue weighted by Gasteiger charge is -2.15. The maximum Gasteiger partial charge on any atom is 0.416 e. The van der Waals surface area contributed by atoms with Crippen molar-refractivity contribution in [3.63, 3.8) is 0 Å². The molecule has 0 heterocycles. The minimum Gasteiger partial charge on any atom is -0.497 e. The quantitative estimate of drug-likeness (QED) is 0.754. The van der Waals surface area contributed by atoms with Crippen LogP contribution in [-0.2, 0) is 16.2 Å². The van der Waals surface area contributed by atoms with Gasteiger partial charge in [0.2, 0.25) is 0 Å². The van der Waals surface area contributed by atoms with Crippen molar-refractivity contribution < 1.29 is 31.1 Å². The Balaban J connectivity index is 2.50. The molecule has 0 fully saturated rings. The lowest BCUT2D eigenvalue weighted by molar-refractivity contribution is -0.137. The van der Waals surface area contributed by atoms with Crippen LogP contribution in [0.2, 0.25) is 0 Å². The standard InChI is InChI=1S/C15H13BrF3NO4S/c1-23-10-4-6-13(24-2)14(8-10)25(21,22)20-12-7-9(15(17,18)19)3-5-11(12)16/h3-8,20H,1-2H3. The van der Waals surface area contributed by atoms with Crippen molar-refractivity contribution in [3.05, 3.63) is 46.4 Å². The van der Waals surface area contributed by atoms with Gasteiger partial charge in [-0.15, -0.1) is 0 Å². The van der Waals surface area contributed by atoms with Gasteiger partial charge in [-0.3, -0.25) is 4.72 Å². The van der Waals surface area contributed by atoms with Crippen LogP contribution in [0.25, 0.3) is 0 Å². The van der Waals surface area contributed by atoms with Gasteiger partial charge in [-0.25, -0.2) is 8.42 Å². The molecule has 10 heteroatoms. The van der Waals surface area contributed by atoms with Gasteiger partial charge in [0.25, 0.3) is 10.0 Å². The number of ether oxygens (including phenoxy) is 2. The predicted octanol–water partition coefficient (Wildman–Crippen LogP) is 4.29. The maximum absolute atomic E-state index is 12.8. The molecule has 0 aliphatic rings. The summed E-state index contributed by atoms with van der Waals surface area (Å²) in [6.45, 7) is 0. The van der Waals surface area contributed by atoms with Crippen LogP contribution in [0.5, 0.6) is 11.5 Å². The molecule has 0 saturated heterocycles. The Kier molecular flexibility index (Phi) is 5.52. The molecule has 0 atom stereocenters. The molecule has 0 radical (unpaired) electrons. The van der Waals surface area contributed by atoms with Crippen LogP contribution in [0.3, 0.4) is 0 Å². The summed E-state index contributed by atoms with van der Waals surface area (Å²) in [5, 5.41) is 0. The SMILES string of the molecule is COc1ccc(OC)c(S(=O)(=O)Nc2cc(C(F)(F)F)ccc2Br)c1. The average molecular weight is 440 g/mol. The second kappa shape index (κ2) is 7.12. The summed E-state index contributed by atoms with van der Waals surface area (Å²) in [5.74, 6) is 0.278. The highest BCUT2D eigenvalue weighted by atomic mass is 79.9. The number of alkyl halides is 3. The monoisotopic (exact) mass is 439 g/mol. The molecular weight excluding hydrogens is 427 g/mol. The fourth-order valence-corrected chi connectivity index (χ4v) is 3.71. The number of hydrogen-bond acceptors (Lipinski definition) is 4. The number of hydrogen-bond donors (Lipinski definition) is 1. The molecule has 0 bridgehead atoms. The Morgan fingerprint density at radius 1 is 1.04 bits per heavy atom. The molecule has 0 spiro atoms. The number of anilines is 1. The summed E-state index contributed by atoms with van der Waals surface area (Å²) in [6.07, 6.45) is -4.60. The van der Waals surface area contributed by atoms with Crippen molar-refractivity contribution >= 4 is 31.6 Å². The molecule has 0 amide bonds. The van der Waals surface area contributed by atoms with Gasteiger partial charge < -0.3 is 9.47 Å². The van der Waals surface area contributed by atoms with Gasteiger partial charge in [0, 0.05) is 10.5 Å². The van der Waals surface area contributed by atoms with Gasteiger partial charge in [-0.1, -0.05) is 0 Å². The lowest BCUT2D eigenvalue weighted by atomic mass is 10.2. The van der Waals surface area contributed by atoms with E-state index >= 15 is 0 Å². The van der Waals surface area contributed by atoms with Crippen LogP contribution < -0.4 is 14.2 Å². The number of sulfonamides is 1. The Morgan fingerprint density at radius 2 is 1.72 bits per heavy atom. The maximum atomic E-state index is 12.8. The summed E-state index contributed by atoms with van der Waals surface area (Å²) < 4.78 is 76.0. The van der Waals surface area contributed by atoms with E-state index in [0.717, 1.165) is 12.1 Å². The minimum atomic E-state index is -4.60. The van der Waals surface area contributed by atoms with Gasteiger partial charge in [-0.2, -0.15) is 13.2 Å². The second-order valence-electron chi connectivity index (χ2n) is 4.81. The number of benzene rings is 2. The summed E-state index contributed by atoms with van der Waals surface area (Å²) in [4.78, 5) is -0.265. The summed E-state index contributed by atoms with van der Waals surface area (Å²) in [5.41, 5.74) is -1.23. The Morgan fingerprint density at radius 3 is 2.28 bits per heavy atom. The molecule has 2 aromatic rings. The van der Waals surface area contributed by atoms with Crippen LogP contribution in [0, 0.1) is 0 Å². The molecule has 2 rings (SSSR count). The van der Waals surface area contributed by atoms with E-state index in [4.69, 9.17) is 9.47 Å². The number of rotatable bonds is 5. The summed E-state index contributed by atoms with van der Waals surface area (Å²) >= 11 is 3.04. The molecular formula is C15H13BrF3NO4S. The molecule has 0 aliphatic carbocycles. The molecule has 2 aromatic carbocycles. The fraction of sp³-hybridized carbons (Fsp3) is 0.200. The molecule has 0 unspecified atom stereocenters. The van der Waals surface area contributed by atoms with E-state index in [1.54, 1.807) is 0 Å². The van der Waals surface area contributed by atoms with Crippen LogP contribution >= 0.6 is 15.9 Å². The van der Waals surface area contributed by atoms with E-state index < -0.39 is 21.8 Å². The van der Waals surface area contributed by atoms with Gasteiger partial charge in [0.15, 0.2) is 0 Å². The molecule has 1 N–H and O–H groups in total. The van der Waals surface area contributed by atoms with E-state index in [1.807, 2.05) is 0 Å². The second-order valence-corrected chi connectivity index (χ2v) is 7.32. The van der Waals surface area contributed by atoms with E-state index in [-0.39, 0.29) is 26.6 Å². The van der Waals surface area contributed by atoms with Crippen LogP contribution in [0.1, 0.15) is 5.56 Å². The number of halogens is 4. The smallest absolute Gasteiger partial charge is 0.416 e. The Hall–Kier alpha value is -1.94. The predicted molar refractivity (Wildman–Crippen MR) is 89.5 cm³/mol. The van der Waals surface area contributed by atoms with Gasteiger partial charge in [-0.05, 0) is 46.3 Å². The molecule has 0 aliphatic heterocycles. The zero-order valence-electron chi connectivity index (χ0n) is 13.0. The van der Waals surface area contributed by atoms with Crippen LogP contribution in [-0.4, -0.2) is 22.6 Å². The first-order chi connectivity index (χ1) is 11.6. The number of nitrogens with one attached hydrogen (secondary N) is 1. The van der Waals surface area contributed by atoms with Gasteiger partial charge >= 0.3 is 6.18 Å². The van der Waals surface area contributed by atoms with Crippen LogP contribution in [0.4, 0.5) is 18.9 Å². The number of methoxy groups -OCH3 is 2. The van der Waals surface area contributed by atoms with E-state index in [9.17, 15) is 21.6 Å². The summed E-state index contributed by atoms with van der Waals surface area (Å²) in [7, 11) is -1.59. The van der Waals surface area contributed by atoms with Crippen molar-refractivity contribution in [2.24, 2.45) is 0 Å². The van der Waals surface area contributed by atoms with Crippen molar-refractivity contribution in [2.75, 3.05) is 18.9 Å². The van der Waals surface area contributed by atoms with Crippen molar-refractivity contribution in [1.82, 2.24) is 0 Å². The molecule has 0 aromatic heterocycles. The minimum absolute atomic E-state index is 0.0244. The fourth-order valence-electron chi connectivity index (χ4n) is 1.97. The first-order valence-electron chi connectivity index (χ1n) is 6.70. The van der Waals surface area contributed by atoms with Crippen molar-refractivity contribution in [3.8, 4) is 11.5 Å². The van der Waals surface area contributed by atoms with Gasteiger partial charge in [0.05, 0.1) is 25.5 Å². The van der Waals surface area contributed by atoms with Gasteiger partial charge in [0.1, 0.15) is 16.4 Å². The van der Waals surface area contributed by atoms with E-state index in [1.165, 1.54) is 32.4 Å². The van der Waals surface area contributed by atoms with Crippen molar-refractivity contribution in [2.45, 2.75) is 11.1 Å². The molecule has 136 valence electrons. The van der Waals surface area contributed by atoms with Crippen LogP contribution in [0.15, 0.2) is 45.8 Å². The molecule has 0 saturated carbocycles. The van der Waals surface area contributed by atoms with E-state index in [0.29, 0.717) is 6.07 Å². The largest absolute Gasteiger partial charge is 0.497 e. The third kappa shape index (κ3) is 4.37. The lowest BCUT2D eigenvalue weighted by Crippen LogP contribution is -2.15. The zero-order chi connectivity index (χ0) is 18.8. The zero-order valence-corrected chi connectivity index (χ0v) is 15.4. The Labute approximate surface area is 150 Å². The highest BCUT2D eigenvalue weighted by Crippen LogP contribution is 2.36. The Bertz CT molecular complexity index is 885. The highest BCUT2D eigenvalue weighted by molar-refractivity contribution is 9.10. The third-order valence-electron chi connectivity index (χ3n) is 3.20. The normalized spacial score (nSPS) is 11.9. The average Bonchev–Trinajstić information content (AvgIpc) is 2.55. The third-order valence-corrected chi connectivity index (χ3v) is 5.28.